The molecule has 104 valence electrons. The molecule has 1 amide bonds. The third-order valence-corrected chi connectivity index (χ3v) is 2.96. The van der Waals surface area contributed by atoms with Crippen molar-refractivity contribution in [3.05, 3.63) is 29.8 Å². The number of benzene rings is 1. The molecule has 1 aliphatic heterocycles. The van der Waals surface area contributed by atoms with Gasteiger partial charge in [0.1, 0.15) is 0 Å². The van der Waals surface area contributed by atoms with Crippen molar-refractivity contribution in [3.8, 4) is 0 Å². The molecule has 4 nitrogen and oxygen atoms in total. The molecule has 0 aliphatic carbocycles. The number of nitrogens with one attached hydrogen (secondary N) is 1. The number of nitrogens with zero attached hydrogens (tertiary/aromatic N) is 1. The van der Waals surface area contributed by atoms with E-state index in [1.165, 1.54) is 6.07 Å². The van der Waals surface area contributed by atoms with Crippen molar-refractivity contribution in [1.29, 1.82) is 0 Å². The molecule has 1 heterocycles. The molecular weight excluding hydrogens is 254 g/mol. The summed E-state index contributed by atoms with van der Waals surface area (Å²) in [4.78, 5) is 13.8. The Morgan fingerprint density at radius 2 is 2.00 bits per heavy atom. The van der Waals surface area contributed by atoms with E-state index in [4.69, 9.17) is 4.74 Å². The predicted octanol–water partition coefficient (Wildman–Crippen LogP) is 1.63. The first-order valence-electron chi connectivity index (χ1n) is 6.20. The largest absolute Gasteiger partial charge is 0.379 e. The Labute approximate surface area is 110 Å². The van der Waals surface area contributed by atoms with E-state index in [1.807, 2.05) is 0 Å². The van der Waals surface area contributed by atoms with E-state index < -0.39 is 11.6 Å². The van der Waals surface area contributed by atoms with Gasteiger partial charge in [0.25, 0.3) is 0 Å². The summed E-state index contributed by atoms with van der Waals surface area (Å²) in [5.74, 6) is -2.10. The standard InChI is InChI=1S/C13H16F2N2O2/c14-11-2-1-10(9-12(11)15)16-13(18)3-4-17-5-7-19-8-6-17/h1-2,9H,3-8H2,(H,16,18). The van der Waals surface area contributed by atoms with Gasteiger partial charge in [0, 0.05) is 37.8 Å². The molecular formula is C13H16F2N2O2. The molecule has 1 aromatic carbocycles. The maximum absolute atomic E-state index is 13.0. The topological polar surface area (TPSA) is 41.6 Å². The lowest BCUT2D eigenvalue weighted by Crippen LogP contribution is -2.38. The quantitative estimate of drug-likeness (QED) is 0.904. The SMILES string of the molecule is O=C(CCN1CCOCC1)Nc1ccc(F)c(F)c1. The van der Waals surface area contributed by atoms with Crippen molar-refractivity contribution < 1.29 is 18.3 Å². The Bertz CT molecular complexity index is 448. The lowest BCUT2D eigenvalue weighted by molar-refractivity contribution is -0.116. The van der Waals surface area contributed by atoms with Crippen LogP contribution in [-0.4, -0.2) is 43.7 Å². The van der Waals surface area contributed by atoms with Gasteiger partial charge in [-0.05, 0) is 12.1 Å². The average molecular weight is 270 g/mol. The number of carbonyl (C=O) groups is 1. The molecule has 0 unspecified atom stereocenters. The van der Waals surface area contributed by atoms with Gasteiger partial charge in [-0.2, -0.15) is 0 Å². The summed E-state index contributed by atoms with van der Waals surface area (Å²) in [6.45, 7) is 3.64. The first-order chi connectivity index (χ1) is 9.15. The van der Waals surface area contributed by atoms with Gasteiger partial charge in [0.05, 0.1) is 13.2 Å². The van der Waals surface area contributed by atoms with Crippen LogP contribution in [0.1, 0.15) is 6.42 Å². The summed E-state index contributed by atoms with van der Waals surface area (Å²) in [5.41, 5.74) is 0.269. The second-order valence-corrected chi connectivity index (χ2v) is 4.38. The van der Waals surface area contributed by atoms with Crippen molar-refractivity contribution in [2.75, 3.05) is 38.2 Å². The summed E-state index contributed by atoms with van der Waals surface area (Å²) in [6.07, 6.45) is 0.318. The van der Waals surface area contributed by atoms with Crippen molar-refractivity contribution in [2.45, 2.75) is 6.42 Å². The highest BCUT2D eigenvalue weighted by molar-refractivity contribution is 5.90. The number of hydrogen-bond acceptors (Lipinski definition) is 3. The molecule has 0 aromatic heterocycles. The van der Waals surface area contributed by atoms with E-state index in [9.17, 15) is 13.6 Å². The number of morpholine rings is 1. The van der Waals surface area contributed by atoms with Gasteiger partial charge in [0.2, 0.25) is 5.91 Å². The smallest absolute Gasteiger partial charge is 0.225 e. The van der Waals surface area contributed by atoms with Crippen LogP contribution in [0.3, 0.4) is 0 Å². The van der Waals surface area contributed by atoms with Gasteiger partial charge in [-0.25, -0.2) is 8.78 Å². The normalized spacial score (nSPS) is 16.3. The molecule has 0 saturated carbocycles. The molecule has 2 rings (SSSR count). The average Bonchev–Trinajstić information content (AvgIpc) is 2.42. The fraction of sp³-hybridized carbons (Fsp3) is 0.462. The Morgan fingerprint density at radius 3 is 2.68 bits per heavy atom. The zero-order valence-corrected chi connectivity index (χ0v) is 10.5. The first kappa shape index (κ1) is 13.9. The summed E-state index contributed by atoms with van der Waals surface area (Å²) in [7, 11) is 0. The highest BCUT2D eigenvalue weighted by Crippen LogP contribution is 2.13. The van der Waals surface area contributed by atoms with E-state index in [2.05, 4.69) is 10.2 Å². The van der Waals surface area contributed by atoms with Crippen molar-refractivity contribution >= 4 is 11.6 Å². The van der Waals surface area contributed by atoms with Crippen LogP contribution in [0, 0.1) is 11.6 Å². The third kappa shape index (κ3) is 4.25. The molecule has 0 bridgehead atoms. The Kier molecular flexibility index (Phi) is 4.81. The molecule has 1 N–H and O–H groups in total. The van der Waals surface area contributed by atoms with Crippen molar-refractivity contribution in [3.63, 3.8) is 0 Å². The van der Waals surface area contributed by atoms with Gasteiger partial charge in [0.15, 0.2) is 11.6 Å². The number of anilines is 1. The minimum Gasteiger partial charge on any atom is -0.379 e. The second kappa shape index (κ2) is 6.58. The van der Waals surface area contributed by atoms with Gasteiger partial charge in [-0.3, -0.25) is 9.69 Å². The predicted molar refractivity (Wildman–Crippen MR) is 66.9 cm³/mol. The Morgan fingerprint density at radius 1 is 1.26 bits per heavy atom. The highest BCUT2D eigenvalue weighted by Gasteiger charge is 2.12. The number of ether oxygens (including phenoxy) is 1. The van der Waals surface area contributed by atoms with E-state index in [0.717, 1.165) is 25.2 Å². The number of rotatable bonds is 4. The molecule has 1 aromatic rings. The first-order valence-corrected chi connectivity index (χ1v) is 6.20. The molecule has 6 heteroatoms. The van der Waals surface area contributed by atoms with Crippen LogP contribution in [-0.2, 0) is 9.53 Å². The van der Waals surface area contributed by atoms with E-state index in [1.54, 1.807) is 0 Å². The third-order valence-electron chi connectivity index (χ3n) is 2.96. The summed E-state index contributed by atoms with van der Waals surface area (Å²) < 4.78 is 30.9. The number of halogens is 2. The summed E-state index contributed by atoms with van der Waals surface area (Å²) >= 11 is 0. The monoisotopic (exact) mass is 270 g/mol. The summed E-state index contributed by atoms with van der Waals surface area (Å²) in [5, 5.41) is 2.55. The molecule has 0 atom stereocenters. The van der Waals surface area contributed by atoms with Gasteiger partial charge >= 0.3 is 0 Å². The van der Waals surface area contributed by atoms with E-state index >= 15 is 0 Å². The van der Waals surface area contributed by atoms with Crippen LogP contribution in [0.15, 0.2) is 18.2 Å². The second-order valence-electron chi connectivity index (χ2n) is 4.38. The molecule has 0 radical (unpaired) electrons. The van der Waals surface area contributed by atoms with Crippen LogP contribution >= 0.6 is 0 Å². The lowest BCUT2D eigenvalue weighted by Gasteiger charge is -2.26. The van der Waals surface area contributed by atoms with Gasteiger partial charge in [-0.15, -0.1) is 0 Å². The molecule has 1 aliphatic rings. The van der Waals surface area contributed by atoms with Crippen molar-refractivity contribution in [2.24, 2.45) is 0 Å². The van der Waals surface area contributed by atoms with Gasteiger partial charge < -0.3 is 10.1 Å². The summed E-state index contributed by atoms with van der Waals surface area (Å²) in [6, 6.07) is 3.31. The van der Waals surface area contributed by atoms with Crippen LogP contribution in [0.4, 0.5) is 14.5 Å². The molecule has 1 saturated heterocycles. The fourth-order valence-electron chi connectivity index (χ4n) is 1.88. The number of hydrogen-bond donors (Lipinski definition) is 1. The maximum atomic E-state index is 13.0. The van der Waals surface area contributed by atoms with Crippen LogP contribution < -0.4 is 5.32 Å². The molecule has 19 heavy (non-hydrogen) atoms. The molecule has 1 fully saturated rings. The molecule has 0 spiro atoms. The van der Waals surface area contributed by atoms with Crippen molar-refractivity contribution in [1.82, 2.24) is 4.90 Å². The highest BCUT2D eigenvalue weighted by atomic mass is 19.2. The zero-order chi connectivity index (χ0) is 13.7. The zero-order valence-electron chi connectivity index (χ0n) is 10.5. The number of carbonyl (C=O) groups excluding carboxylic acids is 1. The fourth-order valence-corrected chi connectivity index (χ4v) is 1.88. The van der Waals surface area contributed by atoms with Crippen LogP contribution in [0.5, 0.6) is 0 Å². The minimum absolute atomic E-state index is 0.211. The maximum Gasteiger partial charge on any atom is 0.225 e. The van der Waals surface area contributed by atoms with Crippen LogP contribution in [0.25, 0.3) is 0 Å². The number of amides is 1. The lowest BCUT2D eigenvalue weighted by atomic mass is 10.2. The van der Waals surface area contributed by atoms with E-state index in [-0.39, 0.29) is 11.6 Å². The Hall–Kier alpha value is -1.53. The minimum atomic E-state index is -0.967. The van der Waals surface area contributed by atoms with E-state index in [0.29, 0.717) is 26.2 Å². The van der Waals surface area contributed by atoms with Crippen LogP contribution in [0.2, 0.25) is 0 Å². The Balaban J connectivity index is 1.78. The van der Waals surface area contributed by atoms with Gasteiger partial charge in [-0.1, -0.05) is 0 Å².